The zero-order chi connectivity index (χ0) is 14.9. The van der Waals surface area contributed by atoms with Gasteiger partial charge in [0.05, 0.1) is 11.9 Å². The lowest BCUT2D eigenvalue weighted by molar-refractivity contribution is 0.331. The summed E-state index contributed by atoms with van der Waals surface area (Å²) in [5, 5.41) is -0.282. The number of ether oxygens (including phenoxy) is 1. The van der Waals surface area contributed by atoms with Gasteiger partial charge in [0.2, 0.25) is 10.0 Å². The van der Waals surface area contributed by atoms with Crippen LogP contribution in [0.15, 0.2) is 18.2 Å². The normalized spacial score (nSPS) is 22.2. The van der Waals surface area contributed by atoms with E-state index in [0.29, 0.717) is 19.5 Å². The van der Waals surface area contributed by atoms with E-state index in [1.54, 1.807) is 0 Å². The Labute approximate surface area is 126 Å². The number of likely N-dealkylation sites (tertiary alicyclic amines) is 1. The minimum Gasteiger partial charge on any atom is -0.493 e. The molecule has 116 valence electrons. The number of nitrogens with zero attached hydrogens (tertiary/aromatic N) is 1. The van der Waals surface area contributed by atoms with Crippen LogP contribution < -0.4 is 9.46 Å². The molecule has 2 aliphatic rings. The van der Waals surface area contributed by atoms with Crippen LogP contribution in [0, 0.1) is 0 Å². The lowest BCUT2D eigenvalue weighted by Gasteiger charge is -2.17. The Morgan fingerprint density at radius 3 is 3.10 bits per heavy atom. The smallest absolute Gasteiger partial charge is 0.215 e. The largest absolute Gasteiger partial charge is 0.493 e. The van der Waals surface area contributed by atoms with Gasteiger partial charge in [0, 0.05) is 26.1 Å². The third kappa shape index (κ3) is 3.22. The molecule has 1 aromatic carbocycles. The van der Waals surface area contributed by atoms with Crippen LogP contribution in [0.3, 0.4) is 0 Å². The SMILES string of the molecule is CCNS(=O)(=O)C1CCN(Cc2ccc3c(c2)CCO3)C1. The summed E-state index contributed by atoms with van der Waals surface area (Å²) in [5.41, 5.74) is 2.50. The van der Waals surface area contributed by atoms with E-state index in [-0.39, 0.29) is 5.25 Å². The summed E-state index contributed by atoms with van der Waals surface area (Å²) in [6.45, 7) is 5.31. The number of benzene rings is 1. The van der Waals surface area contributed by atoms with Gasteiger partial charge in [0.15, 0.2) is 0 Å². The van der Waals surface area contributed by atoms with Gasteiger partial charge in [-0.2, -0.15) is 0 Å². The van der Waals surface area contributed by atoms with Gasteiger partial charge < -0.3 is 4.74 Å². The van der Waals surface area contributed by atoms with Crippen molar-refractivity contribution in [3.05, 3.63) is 29.3 Å². The fourth-order valence-corrected chi connectivity index (χ4v) is 4.57. The molecule has 0 spiro atoms. The molecule has 0 aromatic heterocycles. The lowest BCUT2D eigenvalue weighted by Crippen LogP contribution is -2.36. The summed E-state index contributed by atoms with van der Waals surface area (Å²) in [6, 6.07) is 6.30. The van der Waals surface area contributed by atoms with Gasteiger partial charge in [-0.3, -0.25) is 4.90 Å². The van der Waals surface area contributed by atoms with E-state index < -0.39 is 10.0 Å². The zero-order valence-corrected chi connectivity index (χ0v) is 13.2. The van der Waals surface area contributed by atoms with Crippen LogP contribution in [0.4, 0.5) is 0 Å². The number of nitrogens with one attached hydrogen (secondary N) is 1. The molecule has 6 heteroatoms. The van der Waals surface area contributed by atoms with Gasteiger partial charge in [0.25, 0.3) is 0 Å². The first-order valence-corrected chi connectivity index (χ1v) is 9.08. The Hall–Kier alpha value is -1.11. The summed E-state index contributed by atoms with van der Waals surface area (Å²) in [6.07, 6.45) is 1.68. The first-order valence-electron chi connectivity index (χ1n) is 7.54. The average Bonchev–Trinajstić information content (AvgIpc) is 3.07. The molecule has 0 radical (unpaired) electrons. The maximum Gasteiger partial charge on any atom is 0.215 e. The Morgan fingerprint density at radius 1 is 1.43 bits per heavy atom. The predicted octanol–water partition coefficient (Wildman–Crippen LogP) is 1.14. The van der Waals surface area contributed by atoms with Gasteiger partial charge >= 0.3 is 0 Å². The average molecular weight is 310 g/mol. The molecule has 3 rings (SSSR count). The van der Waals surface area contributed by atoms with E-state index >= 15 is 0 Å². The van der Waals surface area contributed by atoms with Crippen LogP contribution in [0.2, 0.25) is 0 Å². The van der Waals surface area contributed by atoms with Crippen molar-refractivity contribution < 1.29 is 13.2 Å². The molecular weight excluding hydrogens is 288 g/mol. The molecule has 21 heavy (non-hydrogen) atoms. The van der Waals surface area contributed by atoms with Crippen molar-refractivity contribution >= 4 is 10.0 Å². The maximum absolute atomic E-state index is 12.0. The molecule has 1 aromatic rings. The van der Waals surface area contributed by atoms with Crippen molar-refractivity contribution in [2.75, 3.05) is 26.2 Å². The van der Waals surface area contributed by atoms with E-state index in [1.165, 1.54) is 11.1 Å². The van der Waals surface area contributed by atoms with E-state index in [1.807, 2.05) is 13.0 Å². The van der Waals surface area contributed by atoms with Crippen molar-refractivity contribution in [3.8, 4) is 5.75 Å². The van der Waals surface area contributed by atoms with E-state index in [4.69, 9.17) is 4.74 Å². The molecule has 2 aliphatic heterocycles. The van der Waals surface area contributed by atoms with Gasteiger partial charge in [-0.1, -0.05) is 19.1 Å². The van der Waals surface area contributed by atoms with Gasteiger partial charge in [0.1, 0.15) is 5.75 Å². The molecule has 2 heterocycles. The van der Waals surface area contributed by atoms with Crippen molar-refractivity contribution in [2.45, 2.75) is 31.6 Å². The summed E-state index contributed by atoms with van der Waals surface area (Å²) >= 11 is 0. The monoisotopic (exact) mass is 310 g/mol. The van der Waals surface area contributed by atoms with Gasteiger partial charge in [-0.05, 0) is 30.2 Å². The Kier molecular flexibility index (Phi) is 4.19. The molecule has 1 N–H and O–H groups in total. The second-order valence-corrected chi connectivity index (χ2v) is 7.77. The Morgan fingerprint density at radius 2 is 2.29 bits per heavy atom. The fourth-order valence-electron chi connectivity index (χ4n) is 3.11. The van der Waals surface area contributed by atoms with Crippen molar-refractivity contribution in [3.63, 3.8) is 0 Å². The lowest BCUT2D eigenvalue weighted by atomic mass is 10.1. The number of sulfonamides is 1. The molecule has 1 saturated heterocycles. The molecule has 1 atom stereocenters. The zero-order valence-electron chi connectivity index (χ0n) is 12.3. The summed E-state index contributed by atoms with van der Waals surface area (Å²) in [5.74, 6) is 0.993. The molecule has 1 unspecified atom stereocenters. The first kappa shape index (κ1) is 14.8. The minimum absolute atomic E-state index is 0.282. The summed E-state index contributed by atoms with van der Waals surface area (Å²) < 4.78 is 32.2. The highest BCUT2D eigenvalue weighted by atomic mass is 32.2. The molecule has 1 fully saturated rings. The third-order valence-electron chi connectivity index (χ3n) is 4.17. The standard InChI is InChI=1S/C15H22N2O3S/c1-2-16-21(18,19)14-5-7-17(11-14)10-12-3-4-15-13(9-12)6-8-20-15/h3-4,9,14,16H,2,5-8,10-11H2,1H3. The number of hydrogen-bond donors (Lipinski definition) is 1. The van der Waals surface area contributed by atoms with E-state index in [9.17, 15) is 8.42 Å². The van der Waals surface area contributed by atoms with Crippen LogP contribution >= 0.6 is 0 Å². The molecule has 0 saturated carbocycles. The first-order chi connectivity index (χ1) is 10.1. The van der Waals surface area contributed by atoms with Crippen molar-refractivity contribution in [2.24, 2.45) is 0 Å². The third-order valence-corrected chi connectivity index (χ3v) is 6.13. The molecule has 0 bridgehead atoms. The Balaban J connectivity index is 1.62. The minimum atomic E-state index is -3.16. The molecule has 0 aliphatic carbocycles. The molecule has 0 amide bonds. The Bertz CT molecular complexity index is 615. The van der Waals surface area contributed by atoms with E-state index in [0.717, 1.165) is 31.9 Å². The van der Waals surface area contributed by atoms with E-state index in [2.05, 4.69) is 21.8 Å². The topological polar surface area (TPSA) is 58.6 Å². The number of fused-ring (bicyclic) bond motifs is 1. The highest BCUT2D eigenvalue weighted by Gasteiger charge is 2.32. The predicted molar refractivity (Wildman–Crippen MR) is 81.9 cm³/mol. The van der Waals surface area contributed by atoms with Crippen LogP contribution in [-0.4, -0.2) is 44.8 Å². The maximum atomic E-state index is 12.0. The number of hydrogen-bond acceptors (Lipinski definition) is 4. The quantitative estimate of drug-likeness (QED) is 0.886. The highest BCUT2D eigenvalue weighted by molar-refractivity contribution is 7.90. The summed E-state index contributed by atoms with van der Waals surface area (Å²) in [7, 11) is -3.16. The fraction of sp³-hybridized carbons (Fsp3) is 0.600. The van der Waals surface area contributed by atoms with Crippen LogP contribution in [0.5, 0.6) is 5.75 Å². The second-order valence-electron chi connectivity index (χ2n) is 5.73. The van der Waals surface area contributed by atoms with Crippen molar-refractivity contribution in [1.29, 1.82) is 0 Å². The molecular formula is C15H22N2O3S. The van der Waals surface area contributed by atoms with Crippen LogP contribution in [0.1, 0.15) is 24.5 Å². The van der Waals surface area contributed by atoms with Gasteiger partial charge in [-0.15, -0.1) is 0 Å². The summed E-state index contributed by atoms with van der Waals surface area (Å²) in [4.78, 5) is 2.22. The van der Waals surface area contributed by atoms with Crippen LogP contribution in [-0.2, 0) is 23.0 Å². The second kappa shape index (κ2) is 5.94. The highest BCUT2D eigenvalue weighted by Crippen LogP contribution is 2.27. The van der Waals surface area contributed by atoms with Crippen molar-refractivity contribution in [1.82, 2.24) is 9.62 Å². The number of rotatable bonds is 5. The van der Waals surface area contributed by atoms with Crippen LogP contribution in [0.25, 0.3) is 0 Å². The molecule has 5 nitrogen and oxygen atoms in total. The van der Waals surface area contributed by atoms with Gasteiger partial charge in [-0.25, -0.2) is 13.1 Å².